The molecule has 0 unspecified atom stereocenters. The molecule has 0 fully saturated rings. The molecule has 6 heteroatoms. The van der Waals surface area contributed by atoms with Gasteiger partial charge in [0.2, 0.25) is 5.95 Å². The van der Waals surface area contributed by atoms with Gasteiger partial charge in [0.05, 0.1) is 5.56 Å². The molecule has 0 aliphatic carbocycles. The fourth-order valence-electron chi connectivity index (χ4n) is 1.72. The van der Waals surface area contributed by atoms with Crippen LogP contribution in [-0.2, 0) is 0 Å². The van der Waals surface area contributed by atoms with Crippen LogP contribution in [0.4, 0.5) is 17.5 Å². The zero-order valence-electron chi connectivity index (χ0n) is 11.7. The number of primary amides is 1. The Bertz CT molecular complexity index is 669. The number of hydrogen-bond acceptors (Lipinski definition) is 5. The van der Waals surface area contributed by atoms with Crippen LogP contribution in [0.3, 0.4) is 0 Å². The highest BCUT2D eigenvalue weighted by atomic mass is 16.1. The number of aromatic nitrogens is 2. The quantitative estimate of drug-likeness (QED) is 0.705. The molecule has 1 radical (unpaired) electrons. The lowest BCUT2D eigenvalue weighted by Gasteiger charge is -2.10. The summed E-state index contributed by atoms with van der Waals surface area (Å²) in [6, 6.07) is 8.64. The van der Waals surface area contributed by atoms with Gasteiger partial charge in [-0.25, -0.2) is 4.98 Å². The van der Waals surface area contributed by atoms with Gasteiger partial charge in [0, 0.05) is 18.4 Å². The first-order chi connectivity index (χ1) is 10.1. The average Bonchev–Trinajstić information content (AvgIpc) is 2.45. The summed E-state index contributed by atoms with van der Waals surface area (Å²) in [5, 5.41) is 6.03. The van der Waals surface area contributed by atoms with Gasteiger partial charge in [0.1, 0.15) is 5.82 Å². The molecule has 2 aromatic rings. The summed E-state index contributed by atoms with van der Waals surface area (Å²) >= 11 is 0. The molecule has 6 nitrogen and oxygen atoms in total. The summed E-state index contributed by atoms with van der Waals surface area (Å²) in [5.74, 6) is 0.162. The number of nitrogens with one attached hydrogen (secondary N) is 2. The molecule has 0 atom stereocenters. The van der Waals surface area contributed by atoms with E-state index in [1.165, 1.54) is 6.20 Å². The van der Waals surface area contributed by atoms with Crippen LogP contribution < -0.4 is 16.4 Å². The Morgan fingerprint density at radius 2 is 2.38 bits per heavy atom. The van der Waals surface area contributed by atoms with Crippen LogP contribution in [-0.4, -0.2) is 22.4 Å². The summed E-state index contributed by atoms with van der Waals surface area (Å²) < 4.78 is 0. The van der Waals surface area contributed by atoms with Crippen LogP contribution >= 0.6 is 0 Å². The van der Waals surface area contributed by atoms with E-state index in [0.29, 0.717) is 18.3 Å². The van der Waals surface area contributed by atoms with E-state index in [9.17, 15) is 4.79 Å². The summed E-state index contributed by atoms with van der Waals surface area (Å²) in [4.78, 5) is 19.7. The highest BCUT2D eigenvalue weighted by Gasteiger charge is 2.11. The molecule has 1 amide bonds. The van der Waals surface area contributed by atoms with Crippen molar-refractivity contribution in [2.75, 3.05) is 17.2 Å². The van der Waals surface area contributed by atoms with Crippen molar-refractivity contribution in [3.63, 3.8) is 0 Å². The predicted molar refractivity (Wildman–Crippen MR) is 82.5 cm³/mol. The second kappa shape index (κ2) is 6.51. The van der Waals surface area contributed by atoms with E-state index < -0.39 is 5.91 Å². The second-order valence-corrected chi connectivity index (χ2v) is 4.38. The topological polar surface area (TPSA) is 92.9 Å². The number of amides is 1. The van der Waals surface area contributed by atoms with E-state index in [2.05, 4.69) is 33.2 Å². The fourth-order valence-corrected chi connectivity index (χ4v) is 1.72. The lowest BCUT2D eigenvalue weighted by Crippen LogP contribution is -2.17. The number of carbonyl (C=O) groups is 1. The van der Waals surface area contributed by atoms with E-state index in [0.717, 1.165) is 11.3 Å². The number of carbonyl (C=O) groups excluding carboxylic acids is 1. The van der Waals surface area contributed by atoms with Crippen molar-refractivity contribution >= 4 is 23.4 Å². The molecule has 0 bridgehead atoms. The van der Waals surface area contributed by atoms with Crippen LogP contribution in [0.1, 0.15) is 15.9 Å². The molecule has 107 valence electrons. The fraction of sp³-hybridized carbons (Fsp3) is 0.133. The molecule has 1 heterocycles. The number of nitrogens with zero attached hydrogens (tertiary/aromatic N) is 2. The Hall–Kier alpha value is -2.89. The molecule has 0 aliphatic heterocycles. The monoisotopic (exact) mass is 282 g/mol. The van der Waals surface area contributed by atoms with Crippen LogP contribution in [0, 0.1) is 13.0 Å². The standard InChI is InChI=1S/C15H16N5O/c1-3-7-17-14-12(13(16)21)9-18-15(20-14)19-11-6-4-5-10(2)8-11/h3-4,6,8-9H,1,7H2,2H3,(H2,16,21)(H2,17,18,19,20). The Kier molecular flexibility index (Phi) is 4.50. The zero-order chi connectivity index (χ0) is 15.2. The number of anilines is 3. The van der Waals surface area contributed by atoms with Gasteiger partial charge in [-0.05, 0) is 30.7 Å². The average molecular weight is 282 g/mol. The van der Waals surface area contributed by atoms with Crippen molar-refractivity contribution in [3.8, 4) is 0 Å². The molecule has 1 aromatic heterocycles. The first-order valence-corrected chi connectivity index (χ1v) is 6.37. The molecular formula is C15H16N5O. The maximum Gasteiger partial charge on any atom is 0.254 e. The molecule has 21 heavy (non-hydrogen) atoms. The Morgan fingerprint density at radius 1 is 1.57 bits per heavy atom. The maximum atomic E-state index is 11.4. The highest BCUT2D eigenvalue weighted by molar-refractivity contribution is 5.97. The van der Waals surface area contributed by atoms with Gasteiger partial charge in [-0.3, -0.25) is 4.79 Å². The Labute approximate surface area is 123 Å². The van der Waals surface area contributed by atoms with Gasteiger partial charge in [-0.15, -0.1) is 6.58 Å². The zero-order valence-corrected chi connectivity index (χ0v) is 11.7. The first-order valence-electron chi connectivity index (χ1n) is 6.37. The molecule has 0 saturated carbocycles. The third-order valence-electron chi connectivity index (χ3n) is 2.67. The molecule has 1 aromatic carbocycles. The Balaban J connectivity index is 2.28. The number of nitrogens with two attached hydrogens (primary N) is 1. The van der Waals surface area contributed by atoms with Crippen LogP contribution in [0.25, 0.3) is 0 Å². The molecule has 0 aliphatic rings. The van der Waals surface area contributed by atoms with Gasteiger partial charge in [-0.2, -0.15) is 4.98 Å². The van der Waals surface area contributed by atoms with Crippen molar-refractivity contribution in [1.82, 2.24) is 9.97 Å². The van der Waals surface area contributed by atoms with Crippen molar-refractivity contribution in [1.29, 1.82) is 0 Å². The number of benzene rings is 1. The minimum Gasteiger partial charge on any atom is -0.366 e. The summed E-state index contributed by atoms with van der Waals surface area (Å²) in [5.41, 5.74) is 7.37. The largest absolute Gasteiger partial charge is 0.366 e. The van der Waals surface area contributed by atoms with Crippen LogP contribution in [0.5, 0.6) is 0 Å². The lowest BCUT2D eigenvalue weighted by atomic mass is 10.2. The minimum atomic E-state index is -0.585. The van der Waals surface area contributed by atoms with Crippen LogP contribution in [0.15, 0.2) is 37.1 Å². The highest BCUT2D eigenvalue weighted by Crippen LogP contribution is 2.17. The third-order valence-corrected chi connectivity index (χ3v) is 2.67. The molecule has 0 spiro atoms. The van der Waals surface area contributed by atoms with Crippen molar-refractivity contribution in [2.45, 2.75) is 6.92 Å². The van der Waals surface area contributed by atoms with Crippen LogP contribution in [0.2, 0.25) is 0 Å². The summed E-state index contributed by atoms with van der Waals surface area (Å²) in [7, 11) is 0. The second-order valence-electron chi connectivity index (χ2n) is 4.38. The molecule has 2 rings (SSSR count). The van der Waals surface area contributed by atoms with E-state index in [1.807, 2.05) is 25.1 Å². The van der Waals surface area contributed by atoms with Crippen molar-refractivity contribution < 1.29 is 4.79 Å². The van der Waals surface area contributed by atoms with Gasteiger partial charge >= 0.3 is 0 Å². The van der Waals surface area contributed by atoms with E-state index in [4.69, 9.17) is 5.73 Å². The smallest absolute Gasteiger partial charge is 0.254 e. The predicted octanol–water partition coefficient (Wildman–Crippen LogP) is 2.03. The first kappa shape index (κ1) is 14.5. The molecule has 0 saturated heterocycles. The number of rotatable bonds is 6. The minimum absolute atomic E-state index is 0.236. The van der Waals surface area contributed by atoms with Gasteiger partial charge in [-0.1, -0.05) is 12.1 Å². The Morgan fingerprint density at radius 3 is 3.05 bits per heavy atom. The lowest BCUT2D eigenvalue weighted by molar-refractivity contribution is 0.100. The van der Waals surface area contributed by atoms with E-state index >= 15 is 0 Å². The molecule has 4 N–H and O–H groups in total. The van der Waals surface area contributed by atoms with Crippen molar-refractivity contribution in [2.24, 2.45) is 5.73 Å². The van der Waals surface area contributed by atoms with E-state index in [1.54, 1.807) is 6.08 Å². The van der Waals surface area contributed by atoms with Gasteiger partial charge in [0.15, 0.2) is 0 Å². The van der Waals surface area contributed by atoms with Gasteiger partial charge in [0.25, 0.3) is 5.91 Å². The number of hydrogen-bond donors (Lipinski definition) is 3. The van der Waals surface area contributed by atoms with Crippen molar-refractivity contribution in [3.05, 3.63) is 54.2 Å². The number of aryl methyl sites for hydroxylation is 1. The van der Waals surface area contributed by atoms with E-state index in [-0.39, 0.29) is 5.56 Å². The third kappa shape index (κ3) is 3.79. The SMILES string of the molecule is C=CCNc1nc(Nc2cc[c]c(C)c2)ncc1C(N)=O. The molecular weight excluding hydrogens is 266 g/mol. The summed E-state index contributed by atoms with van der Waals surface area (Å²) in [6.45, 7) is 6.02. The van der Waals surface area contributed by atoms with Gasteiger partial charge < -0.3 is 16.4 Å². The normalized spacial score (nSPS) is 9.95. The maximum absolute atomic E-state index is 11.4. The summed E-state index contributed by atoms with van der Waals surface area (Å²) in [6.07, 6.45) is 3.06.